The summed E-state index contributed by atoms with van der Waals surface area (Å²) in [6.45, 7) is 6.42. The molecule has 0 aliphatic carbocycles. The van der Waals surface area contributed by atoms with E-state index in [0.717, 1.165) is 26.2 Å². The molecule has 5 heteroatoms. The second kappa shape index (κ2) is 4.74. The monoisotopic (exact) mass is 271 g/mol. The summed E-state index contributed by atoms with van der Waals surface area (Å²) in [5.41, 5.74) is 3.89. The molecule has 0 N–H and O–H groups in total. The lowest BCUT2D eigenvalue weighted by molar-refractivity contribution is 0.306. The maximum atomic E-state index is 4.71. The van der Waals surface area contributed by atoms with E-state index < -0.39 is 0 Å². The van der Waals surface area contributed by atoms with Gasteiger partial charge in [0, 0.05) is 38.1 Å². The highest BCUT2D eigenvalue weighted by molar-refractivity contribution is 5.13. The highest BCUT2D eigenvalue weighted by Gasteiger charge is 2.25. The molecule has 4 heterocycles. The molecule has 20 heavy (non-hydrogen) atoms. The van der Waals surface area contributed by atoms with Crippen LogP contribution in [0, 0.1) is 6.92 Å². The molecule has 5 nitrogen and oxygen atoms in total. The van der Waals surface area contributed by atoms with Crippen molar-refractivity contribution in [3.8, 4) is 0 Å². The first kappa shape index (κ1) is 12.1. The standard InChI is InChI=1S/C15H21N5/c1-12-8-16-20(9-12)15-4-6-18(11-15)10-13-7-14-3-2-5-19(14)17-13/h7-9,15H,2-6,10-11H2,1H3. The SMILES string of the molecule is Cc1cnn(C2CCN(Cc3cc4n(n3)CCC4)C2)c1. The van der Waals surface area contributed by atoms with E-state index in [-0.39, 0.29) is 0 Å². The number of aryl methyl sites for hydroxylation is 3. The predicted octanol–water partition coefficient (Wildman–Crippen LogP) is 1.78. The van der Waals surface area contributed by atoms with Crippen LogP contribution in [0.5, 0.6) is 0 Å². The smallest absolute Gasteiger partial charge is 0.0767 e. The summed E-state index contributed by atoms with van der Waals surface area (Å²) >= 11 is 0. The van der Waals surface area contributed by atoms with Gasteiger partial charge in [0.1, 0.15) is 0 Å². The number of hydrogen-bond donors (Lipinski definition) is 0. The summed E-state index contributed by atoms with van der Waals surface area (Å²) in [7, 11) is 0. The average molecular weight is 271 g/mol. The van der Waals surface area contributed by atoms with Crippen LogP contribution in [0.1, 0.15) is 35.8 Å². The van der Waals surface area contributed by atoms with Crippen molar-refractivity contribution in [3.05, 3.63) is 35.4 Å². The van der Waals surface area contributed by atoms with Gasteiger partial charge in [-0.3, -0.25) is 14.3 Å². The Balaban J connectivity index is 1.41. The van der Waals surface area contributed by atoms with Gasteiger partial charge in [-0.2, -0.15) is 10.2 Å². The van der Waals surface area contributed by atoms with E-state index in [1.54, 1.807) is 0 Å². The number of likely N-dealkylation sites (tertiary alicyclic amines) is 1. The molecule has 2 aromatic rings. The molecule has 0 aromatic carbocycles. The molecule has 2 aliphatic heterocycles. The maximum absolute atomic E-state index is 4.71. The van der Waals surface area contributed by atoms with Gasteiger partial charge in [-0.15, -0.1) is 0 Å². The molecule has 0 bridgehead atoms. The lowest BCUT2D eigenvalue weighted by Gasteiger charge is -2.14. The van der Waals surface area contributed by atoms with Crippen LogP contribution in [0.3, 0.4) is 0 Å². The molecule has 1 saturated heterocycles. The molecule has 0 radical (unpaired) electrons. The summed E-state index contributed by atoms with van der Waals surface area (Å²) in [6, 6.07) is 2.82. The third-order valence-corrected chi connectivity index (χ3v) is 4.45. The van der Waals surface area contributed by atoms with E-state index in [1.807, 2.05) is 6.20 Å². The summed E-state index contributed by atoms with van der Waals surface area (Å²) in [6.07, 6.45) is 7.74. The van der Waals surface area contributed by atoms with Crippen molar-refractivity contribution in [1.82, 2.24) is 24.5 Å². The van der Waals surface area contributed by atoms with Crippen LogP contribution in [0.2, 0.25) is 0 Å². The number of fused-ring (bicyclic) bond motifs is 1. The fraction of sp³-hybridized carbons (Fsp3) is 0.600. The Kier molecular flexibility index (Phi) is 2.88. The minimum atomic E-state index is 0.526. The Labute approximate surface area is 119 Å². The second-order valence-electron chi connectivity index (χ2n) is 6.13. The molecule has 1 unspecified atom stereocenters. The molecule has 1 fully saturated rings. The van der Waals surface area contributed by atoms with Crippen molar-refractivity contribution in [2.75, 3.05) is 13.1 Å². The van der Waals surface area contributed by atoms with Crippen LogP contribution in [0.4, 0.5) is 0 Å². The molecule has 2 aromatic heterocycles. The van der Waals surface area contributed by atoms with E-state index >= 15 is 0 Å². The van der Waals surface area contributed by atoms with Gasteiger partial charge >= 0.3 is 0 Å². The van der Waals surface area contributed by atoms with E-state index in [9.17, 15) is 0 Å². The van der Waals surface area contributed by atoms with Gasteiger partial charge in [0.25, 0.3) is 0 Å². The molecule has 0 spiro atoms. The van der Waals surface area contributed by atoms with Crippen LogP contribution in [-0.2, 0) is 19.5 Å². The minimum Gasteiger partial charge on any atom is -0.295 e. The van der Waals surface area contributed by atoms with Gasteiger partial charge in [0.05, 0.1) is 17.9 Å². The lowest BCUT2D eigenvalue weighted by Crippen LogP contribution is -2.21. The van der Waals surface area contributed by atoms with Crippen molar-refractivity contribution in [1.29, 1.82) is 0 Å². The first-order valence-electron chi connectivity index (χ1n) is 7.57. The normalized spacial score (nSPS) is 22.6. The predicted molar refractivity (Wildman–Crippen MR) is 76.4 cm³/mol. The second-order valence-corrected chi connectivity index (χ2v) is 6.13. The Morgan fingerprint density at radius 3 is 3.10 bits per heavy atom. The highest BCUT2D eigenvalue weighted by atomic mass is 15.3. The maximum Gasteiger partial charge on any atom is 0.0767 e. The van der Waals surface area contributed by atoms with Crippen LogP contribution < -0.4 is 0 Å². The van der Waals surface area contributed by atoms with Crippen LogP contribution in [0.25, 0.3) is 0 Å². The van der Waals surface area contributed by atoms with Crippen LogP contribution in [-0.4, -0.2) is 37.6 Å². The van der Waals surface area contributed by atoms with Gasteiger partial charge in [-0.25, -0.2) is 0 Å². The average Bonchev–Trinajstić information content (AvgIpc) is 3.12. The zero-order valence-electron chi connectivity index (χ0n) is 12.0. The molecule has 4 rings (SSSR count). The topological polar surface area (TPSA) is 38.9 Å². The van der Waals surface area contributed by atoms with Crippen molar-refractivity contribution in [3.63, 3.8) is 0 Å². The molecule has 0 amide bonds. The largest absolute Gasteiger partial charge is 0.295 e. The van der Waals surface area contributed by atoms with Gasteiger partial charge < -0.3 is 0 Å². The fourth-order valence-electron chi connectivity index (χ4n) is 3.43. The quantitative estimate of drug-likeness (QED) is 0.854. The fourth-order valence-corrected chi connectivity index (χ4v) is 3.43. The number of nitrogens with zero attached hydrogens (tertiary/aromatic N) is 5. The zero-order chi connectivity index (χ0) is 13.5. The Morgan fingerprint density at radius 2 is 2.30 bits per heavy atom. The third-order valence-electron chi connectivity index (χ3n) is 4.45. The summed E-state index contributed by atoms with van der Waals surface area (Å²) < 4.78 is 4.31. The molecule has 0 saturated carbocycles. The number of rotatable bonds is 3. The van der Waals surface area contributed by atoms with Gasteiger partial charge in [0.2, 0.25) is 0 Å². The first-order chi connectivity index (χ1) is 9.78. The molecule has 2 aliphatic rings. The van der Waals surface area contributed by atoms with E-state index in [1.165, 1.54) is 36.2 Å². The Morgan fingerprint density at radius 1 is 1.35 bits per heavy atom. The number of hydrogen-bond acceptors (Lipinski definition) is 3. The van der Waals surface area contributed by atoms with Crippen molar-refractivity contribution in [2.24, 2.45) is 0 Å². The Hall–Kier alpha value is -1.62. The number of aromatic nitrogens is 4. The highest BCUT2D eigenvalue weighted by Crippen LogP contribution is 2.23. The van der Waals surface area contributed by atoms with Gasteiger partial charge in [-0.05, 0) is 37.8 Å². The summed E-state index contributed by atoms with van der Waals surface area (Å²) in [5, 5.41) is 9.16. The molecular formula is C15H21N5. The zero-order valence-corrected chi connectivity index (χ0v) is 12.0. The first-order valence-corrected chi connectivity index (χ1v) is 7.57. The van der Waals surface area contributed by atoms with Crippen LogP contribution in [0.15, 0.2) is 18.5 Å². The molecule has 1 atom stereocenters. The summed E-state index contributed by atoms with van der Waals surface area (Å²) in [5.74, 6) is 0. The van der Waals surface area contributed by atoms with Crippen molar-refractivity contribution < 1.29 is 0 Å². The lowest BCUT2D eigenvalue weighted by atomic mass is 10.2. The Bertz CT molecular complexity index is 590. The third kappa shape index (κ3) is 2.16. The van der Waals surface area contributed by atoms with E-state index in [2.05, 4.69) is 38.5 Å². The van der Waals surface area contributed by atoms with Crippen LogP contribution >= 0.6 is 0 Å². The van der Waals surface area contributed by atoms with E-state index in [4.69, 9.17) is 5.10 Å². The van der Waals surface area contributed by atoms with Gasteiger partial charge in [-0.1, -0.05) is 0 Å². The van der Waals surface area contributed by atoms with E-state index in [0.29, 0.717) is 6.04 Å². The van der Waals surface area contributed by atoms with Gasteiger partial charge in [0.15, 0.2) is 0 Å². The van der Waals surface area contributed by atoms with Crippen molar-refractivity contribution in [2.45, 2.75) is 45.3 Å². The summed E-state index contributed by atoms with van der Waals surface area (Å²) in [4.78, 5) is 2.50. The minimum absolute atomic E-state index is 0.526. The van der Waals surface area contributed by atoms with Crippen molar-refractivity contribution >= 4 is 0 Å². The molecular weight excluding hydrogens is 250 g/mol. The molecule has 106 valence electrons.